The summed E-state index contributed by atoms with van der Waals surface area (Å²) in [6.45, 7) is 1.28. The number of nitrogens with one attached hydrogen (secondary N) is 2. The fraction of sp³-hybridized carbons (Fsp3) is 0.381. The van der Waals surface area contributed by atoms with E-state index in [0.717, 1.165) is 5.56 Å². The first-order valence-electron chi connectivity index (χ1n) is 10.0. The van der Waals surface area contributed by atoms with Crippen molar-refractivity contribution in [3.63, 3.8) is 0 Å². The van der Waals surface area contributed by atoms with Gasteiger partial charge < -0.3 is 19.9 Å². The summed E-state index contributed by atoms with van der Waals surface area (Å²) in [6, 6.07) is 12.3. The van der Waals surface area contributed by atoms with Crippen LogP contribution in [0.5, 0.6) is 0 Å². The van der Waals surface area contributed by atoms with Crippen LogP contribution in [0.15, 0.2) is 64.6 Å². The number of carbonyl (C=O) groups excluding carboxylic acids is 1. The van der Waals surface area contributed by atoms with E-state index in [1.54, 1.807) is 42.5 Å². The number of aryl methyl sites for hydroxylation is 1. The zero-order valence-electron chi connectivity index (χ0n) is 18.0. The van der Waals surface area contributed by atoms with Crippen LogP contribution in [0.4, 0.5) is 0 Å². The summed E-state index contributed by atoms with van der Waals surface area (Å²) in [5.41, 5.74) is 8.35. The average molecular weight is 478 g/mol. The minimum Gasteiger partial charge on any atom is -0.388 e. The molecule has 1 heterocycles. The molecular formula is C21H25N4O7S+. The fourth-order valence-electron chi connectivity index (χ4n) is 3.38. The lowest BCUT2D eigenvalue weighted by atomic mass is 9.94. The van der Waals surface area contributed by atoms with E-state index >= 15 is 0 Å². The Hall–Kier alpha value is -2.99. The third-order valence-corrected chi connectivity index (χ3v) is 6.45. The molecule has 11 nitrogen and oxygen atoms in total. The molecule has 5 atom stereocenters. The molecule has 0 aromatic heterocycles. The third-order valence-electron chi connectivity index (χ3n) is 5.16. The van der Waals surface area contributed by atoms with Crippen LogP contribution in [-0.2, 0) is 23.8 Å². The predicted octanol–water partition coefficient (Wildman–Crippen LogP) is 1.15. The molecule has 0 spiro atoms. The van der Waals surface area contributed by atoms with Gasteiger partial charge in [-0.15, -0.1) is 0 Å². The molecule has 0 radical (unpaired) electrons. The first-order valence-corrected chi connectivity index (χ1v) is 11.4. The van der Waals surface area contributed by atoms with Crippen LogP contribution in [0.3, 0.4) is 0 Å². The Morgan fingerprint density at radius 3 is 2.48 bits per heavy atom. The van der Waals surface area contributed by atoms with Gasteiger partial charge in [0.15, 0.2) is 12.3 Å². The van der Waals surface area contributed by atoms with Crippen molar-refractivity contribution in [2.24, 2.45) is 5.11 Å². The monoisotopic (exact) mass is 477 g/mol. The number of hydrogen-bond donors (Lipinski definition) is 3. The molecule has 33 heavy (non-hydrogen) atoms. The van der Waals surface area contributed by atoms with Crippen molar-refractivity contribution in [3.05, 3.63) is 65.7 Å². The zero-order valence-corrected chi connectivity index (χ0v) is 18.8. The van der Waals surface area contributed by atoms with Crippen LogP contribution in [0.2, 0.25) is 0 Å². The van der Waals surface area contributed by atoms with Gasteiger partial charge in [0, 0.05) is 12.7 Å². The van der Waals surface area contributed by atoms with Crippen LogP contribution in [0.25, 0.3) is 0 Å². The van der Waals surface area contributed by atoms with E-state index in [4.69, 9.17) is 19.2 Å². The number of carbonyl (C=O) groups is 1. The molecule has 12 heteroatoms. The van der Waals surface area contributed by atoms with Crippen LogP contribution in [-0.4, -0.2) is 63.7 Å². The van der Waals surface area contributed by atoms with Gasteiger partial charge in [-0.25, -0.2) is 0 Å². The molecule has 1 saturated heterocycles. The van der Waals surface area contributed by atoms with Crippen molar-refractivity contribution in [3.8, 4) is 0 Å². The van der Waals surface area contributed by atoms with Crippen molar-refractivity contribution in [1.82, 2.24) is 10.2 Å². The highest BCUT2D eigenvalue weighted by atomic mass is 32.2. The van der Waals surface area contributed by atoms with Gasteiger partial charge in [0.2, 0.25) is 4.91 Å². The van der Waals surface area contributed by atoms with E-state index in [2.05, 4.69) is 15.3 Å². The van der Waals surface area contributed by atoms with Gasteiger partial charge in [-0.05, 0) is 31.2 Å². The summed E-state index contributed by atoms with van der Waals surface area (Å²) in [4.78, 5) is 15.6. The normalized spacial score (nSPS) is 25.1. The molecule has 2 aromatic rings. The van der Waals surface area contributed by atoms with Crippen molar-refractivity contribution < 1.29 is 32.0 Å². The van der Waals surface area contributed by atoms with Gasteiger partial charge in [0.05, 0.1) is 11.5 Å². The van der Waals surface area contributed by atoms with Crippen molar-refractivity contribution in [2.75, 3.05) is 13.7 Å². The zero-order chi connectivity index (χ0) is 24.0. The second kappa shape index (κ2) is 10.8. The van der Waals surface area contributed by atoms with E-state index in [1.807, 2.05) is 6.92 Å². The molecule has 5 unspecified atom stereocenters. The number of amides is 1. The lowest BCUT2D eigenvalue weighted by molar-refractivity contribution is -0.235. The SMILES string of the molecule is COC1OC(COS(=O)(=O)c2ccc(C)cc2)C(O)C(N=[N+]=N)C1NC(=O)c1ccccc1. The van der Waals surface area contributed by atoms with Gasteiger partial charge >= 0.3 is 0 Å². The maximum absolute atomic E-state index is 12.6. The quantitative estimate of drug-likeness (QED) is 0.292. The second-order valence-electron chi connectivity index (χ2n) is 7.39. The van der Waals surface area contributed by atoms with E-state index in [-0.39, 0.29) is 4.90 Å². The minimum absolute atomic E-state index is 0.0444. The van der Waals surface area contributed by atoms with Gasteiger partial charge in [-0.3, -0.25) is 8.98 Å². The van der Waals surface area contributed by atoms with E-state index in [9.17, 15) is 18.3 Å². The van der Waals surface area contributed by atoms with Gasteiger partial charge in [0.25, 0.3) is 16.0 Å². The minimum atomic E-state index is -4.12. The Morgan fingerprint density at radius 2 is 1.88 bits per heavy atom. The van der Waals surface area contributed by atoms with Gasteiger partial charge in [-0.1, -0.05) is 35.9 Å². The number of hydrogen-bond acceptors (Lipinski definition) is 9. The molecule has 176 valence electrons. The largest absolute Gasteiger partial charge is 0.388 e. The second-order valence-corrected chi connectivity index (χ2v) is 9.01. The van der Waals surface area contributed by atoms with Crippen LogP contribution in [0, 0.1) is 12.5 Å². The standard InChI is InChI=1S/C21H24N4O7S/c1-13-8-10-15(11-9-13)33(28,29)31-12-16-19(26)17(24-25-22)18(21(30-2)32-16)23-20(27)14-6-4-3-5-7-14/h3-11,16-19,21-22,26H,12H2,1-2H3/p+1. The van der Waals surface area contributed by atoms with Crippen molar-refractivity contribution in [1.29, 1.82) is 5.53 Å². The predicted molar refractivity (Wildman–Crippen MR) is 115 cm³/mol. The molecule has 3 N–H and O–H groups in total. The Labute approximate surface area is 191 Å². The van der Waals surface area contributed by atoms with E-state index in [1.165, 1.54) is 19.2 Å². The summed E-state index contributed by atoms with van der Waals surface area (Å²) in [5.74, 6) is -0.472. The number of nitrogens with zero attached hydrogens (tertiary/aromatic N) is 2. The fourth-order valence-corrected chi connectivity index (χ4v) is 4.30. The van der Waals surface area contributed by atoms with Crippen LogP contribution in [0.1, 0.15) is 15.9 Å². The van der Waals surface area contributed by atoms with E-state index in [0.29, 0.717) is 5.56 Å². The topological polar surface area (TPSA) is 161 Å². The number of benzene rings is 2. The summed E-state index contributed by atoms with van der Waals surface area (Å²) >= 11 is 0. The molecular weight excluding hydrogens is 452 g/mol. The Balaban J connectivity index is 1.76. The summed E-state index contributed by atoms with van der Waals surface area (Å²) < 4.78 is 41.1. The third kappa shape index (κ3) is 5.88. The Kier molecular flexibility index (Phi) is 8.03. The first kappa shape index (κ1) is 24.6. The number of rotatable bonds is 8. The maximum Gasteiger partial charge on any atom is 0.297 e. The van der Waals surface area contributed by atoms with Crippen LogP contribution >= 0.6 is 0 Å². The summed E-state index contributed by atoms with van der Waals surface area (Å²) in [7, 11) is -2.80. The van der Waals surface area contributed by atoms with Gasteiger partial charge in [0.1, 0.15) is 28.9 Å². The number of methoxy groups -OCH3 is 1. The number of aliphatic hydroxyl groups excluding tert-OH is 1. The molecule has 0 aliphatic carbocycles. The molecule has 0 saturated carbocycles. The van der Waals surface area contributed by atoms with Crippen molar-refractivity contribution >= 4 is 16.0 Å². The highest BCUT2D eigenvalue weighted by Crippen LogP contribution is 2.26. The lowest BCUT2D eigenvalue weighted by Gasteiger charge is -2.40. The summed E-state index contributed by atoms with van der Waals surface area (Å²) in [6.07, 6.45) is -3.75. The molecule has 0 bridgehead atoms. The van der Waals surface area contributed by atoms with Gasteiger partial charge in [-0.2, -0.15) is 8.42 Å². The molecule has 3 rings (SSSR count). The highest BCUT2D eigenvalue weighted by Gasteiger charge is 2.49. The Bertz CT molecular complexity index is 1110. The molecule has 1 amide bonds. The highest BCUT2D eigenvalue weighted by molar-refractivity contribution is 7.86. The molecule has 1 aliphatic heterocycles. The molecule has 1 aliphatic rings. The first-order chi connectivity index (χ1) is 15.8. The van der Waals surface area contributed by atoms with E-state index < -0.39 is 53.2 Å². The number of ether oxygens (including phenoxy) is 2. The van der Waals surface area contributed by atoms with Crippen molar-refractivity contribution in [2.45, 2.75) is 42.4 Å². The average Bonchev–Trinajstić information content (AvgIpc) is 2.81. The van der Waals surface area contributed by atoms with Crippen LogP contribution < -0.4 is 10.2 Å². The molecule has 1 fully saturated rings. The number of aliphatic hydroxyl groups is 1. The smallest absolute Gasteiger partial charge is 0.297 e. The lowest BCUT2D eigenvalue weighted by Crippen LogP contribution is -2.64. The maximum atomic E-state index is 12.6. The summed E-state index contributed by atoms with van der Waals surface area (Å²) in [5, 5.41) is 17.2. The Morgan fingerprint density at radius 1 is 1.21 bits per heavy atom. The molecule has 2 aromatic carbocycles.